The van der Waals surface area contributed by atoms with Crippen molar-refractivity contribution >= 4 is 53.0 Å². The Labute approximate surface area is 131 Å². The van der Waals surface area contributed by atoms with Crippen LogP contribution in [0.2, 0.25) is 0 Å². The number of rotatable bonds is 1. The number of amidine groups is 2. The molecule has 0 bridgehead atoms. The first-order valence-electron chi connectivity index (χ1n) is 6.69. The van der Waals surface area contributed by atoms with E-state index in [0.29, 0.717) is 17.4 Å². The zero-order chi connectivity index (χ0) is 15.3. The number of aliphatic imine (C=N–C) groups is 4. The van der Waals surface area contributed by atoms with Gasteiger partial charge in [0.15, 0.2) is 11.7 Å². The van der Waals surface area contributed by atoms with Crippen LogP contribution in [0.5, 0.6) is 0 Å². The van der Waals surface area contributed by atoms with E-state index < -0.39 is 6.03 Å². The van der Waals surface area contributed by atoms with Gasteiger partial charge in [0.25, 0.3) is 0 Å². The largest absolute Gasteiger partial charge is 0.369 e. The van der Waals surface area contributed by atoms with Crippen LogP contribution in [-0.4, -0.2) is 29.6 Å². The van der Waals surface area contributed by atoms with Crippen molar-refractivity contribution in [2.45, 2.75) is 11.8 Å². The van der Waals surface area contributed by atoms with Crippen LogP contribution in [0.25, 0.3) is 10.8 Å². The van der Waals surface area contributed by atoms with Gasteiger partial charge in [0.05, 0.1) is 6.21 Å². The van der Waals surface area contributed by atoms with Crippen LogP contribution in [-0.2, 0) is 0 Å². The Hall–Kier alpha value is -2.60. The van der Waals surface area contributed by atoms with Gasteiger partial charge in [-0.1, -0.05) is 30.3 Å². The summed E-state index contributed by atoms with van der Waals surface area (Å²) < 4.78 is 0. The highest BCUT2D eigenvalue weighted by atomic mass is 32.1. The minimum Gasteiger partial charge on any atom is -0.244 e. The monoisotopic (exact) mass is 306 g/mol. The number of aryl methyl sites for hydroxylation is 1. The zero-order valence-electron chi connectivity index (χ0n) is 11.6. The number of hydrogen-bond acceptors (Lipinski definition) is 4. The van der Waals surface area contributed by atoms with Gasteiger partial charge < -0.3 is 0 Å². The number of fused-ring (bicyclic) bond motifs is 2. The molecule has 22 heavy (non-hydrogen) atoms. The molecule has 0 saturated carbocycles. The van der Waals surface area contributed by atoms with Crippen LogP contribution in [0.1, 0.15) is 11.1 Å². The lowest BCUT2D eigenvalue weighted by molar-refractivity contribution is 0.257. The number of hydrogen-bond donors (Lipinski definition) is 1. The average Bonchev–Trinajstić information content (AvgIpc) is 2.89. The van der Waals surface area contributed by atoms with Gasteiger partial charge >= 0.3 is 6.03 Å². The number of urea groups is 1. The summed E-state index contributed by atoms with van der Waals surface area (Å²) in [5, 5.41) is 2.15. The smallest absolute Gasteiger partial charge is 0.244 e. The molecule has 0 radical (unpaired) electrons. The Kier molecular flexibility index (Phi) is 2.80. The standard InChI is InChI=1S/C16H10N4OS/c1-8-6-9-4-2-3-5-10(9)13(22)12(8)15-18-11-7-17-16(21)20-14(11)19-15/h2-7,22H,1H3. The summed E-state index contributed by atoms with van der Waals surface area (Å²) >= 11 is 4.67. The molecule has 2 amide bonds. The van der Waals surface area contributed by atoms with E-state index >= 15 is 0 Å². The fourth-order valence-electron chi connectivity index (χ4n) is 2.61. The van der Waals surface area contributed by atoms with Gasteiger partial charge in [0, 0.05) is 10.5 Å². The number of amides is 2. The summed E-state index contributed by atoms with van der Waals surface area (Å²) in [6.45, 7) is 1.99. The zero-order valence-corrected chi connectivity index (χ0v) is 12.5. The maximum absolute atomic E-state index is 11.2. The van der Waals surface area contributed by atoms with Gasteiger partial charge in [-0.15, -0.1) is 12.6 Å². The lowest BCUT2D eigenvalue weighted by Gasteiger charge is -2.10. The molecule has 106 valence electrons. The lowest BCUT2D eigenvalue weighted by atomic mass is 10.0. The fraction of sp³-hybridized carbons (Fsp3) is 0.0625. The van der Waals surface area contributed by atoms with E-state index in [1.54, 1.807) is 0 Å². The van der Waals surface area contributed by atoms with Gasteiger partial charge in [0.2, 0.25) is 0 Å². The van der Waals surface area contributed by atoms with Crippen molar-refractivity contribution in [1.29, 1.82) is 0 Å². The molecule has 2 aromatic carbocycles. The minimum absolute atomic E-state index is 0.315. The number of carbonyl (C=O) groups is 1. The molecule has 0 saturated heterocycles. The van der Waals surface area contributed by atoms with Crippen LogP contribution < -0.4 is 0 Å². The van der Waals surface area contributed by atoms with E-state index in [4.69, 9.17) is 0 Å². The first-order valence-corrected chi connectivity index (χ1v) is 7.14. The van der Waals surface area contributed by atoms with E-state index in [2.05, 4.69) is 38.7 Å². The molecule has 0 unspecified atom stereocenters. The molecule has 4 rings (SSSR count). The van der Waals surface area contributed by atoms with Gasteiger partial charge in [0.1, 0.15) is 5.71 Å². The fourth-order valence-corrected chi connectivity index (χ4v) is 3.09. The summed E-state index contributed by atoms with van der Waals surface area (Å²) in [7, 11) is 0. The highest BCUT2D eigenvalue weighted by Crippen LogP contribution is 2.30. The Morgan fingerprint density at radius 3 is 2.73 bits per heavy atom. The van der Waals surface area contributed by atoms with Crippen molar-refractivity contribution in [2.75, 3.05) is 0 Å². The third-order valence-electron chi connectivity index (χ3n) is 3.61. The van der Waals surface area contributed by atoms with Gasteiger partial charge in [-0.2, -0.15) is 9.98 Å². The molecular formula is C16H10N4OS. The maximum Gasteiger partial charge on any atom is 0.369 e. The quantitative estimate of drug-likeness (QED) is 0.807. The predicted molar refractivity (Wildman–Crippen MR) is 91.2 cm³/mol. The van der Waals surface area contributed by atoms with Crippen LogP contribution in [0.3, 0.4) is 0 Å². The van der Waals surface area contributed by atoms with Gasteiger partial charge in [-0.3, -0.25) is 0 Å². The second-order valence-corrected chi connectivity index (χ2v) is 5.49. The Morgan fingerprint density at radius 2 is 1.86 bits per heavy atom. The first kappa shape index (κ1) is 13.1. The highest BCUT2D eigenvalue weighted by molar-refractivity contribution is 7.80. The molecule has 6 heteroatoms. The van der Waals surface area contributed by atoms with E-state index in [9.17, 15) is 4.79 Å². The number of thiol groups is 1. The Bertz CT molecular complexity index is 970. The van der Waals surface area contributed by atoms with Crippen LogP contribution in [0.4, 0.5) is 4.79 Å². The van der Waals surface area contributed by atoms with Crippen LogP contribution in [0.15, 0.2) is 55.2 Å². The van der Waals surface area contributed by atoms with E-state index in [1.165, 1.54) is 6.21 Å². The molecule has 5 nitrogen and oxygen atoms in total. The molecule has 2 heterocycles. The third-order valence-corrected chi connectivity index (χ3v) is 4.07. The highest BCUT2D eigenvalue weighted by Gasteiger charge is 2.24. The van der Waals surface area contributed by atoms with Crippen molar-refractivity contribution in [3.8, 4) is 0 Å². The molecule has 0 spiro atoms. The summed E-state index contributed by atoms with van der Waals surface area (Å²) in [6.07, 6.45) is 1.40. The summed E-state index contributed by atoms with van der Waals surface area (Å²) in [5.74, 6) is 0.832. The second kappa shape index (κ2) is 4.71. The van der Waals surface area contributed by atoms with Crippen molar-refractivity contribution in [1.82, 2.24) is 0 Å². The summed E-state index contributed by atoms with van der Waals surface area (Å²) in [6, 6.07) is 9.55. The number of benzene rings is 2. The predicted octanol–water partition coefficient (Wildman–Crippen LogP) is 3.24. The maximum atomic E-state index is 11.2. The first-order chi connectivity index (χ1) is 10.6. The van der Waals surface area contributed by atoms with Gasteiger partial charge in [-0.25, -0.2) is 14.8 Å². The van der Waals surface area contributed by atoms with Crippen LogP contribution in [0, 0.1) is 6.92 Å². The summed E-state index contributed by atoms with van der Waals surface area (Å²) in [4.78, 5) is 28.2. The Balaban J connectivity index is 1.95. The summed E-state index contributed by atoms with van der Waals surface area (Å²) in [5.41, 5.74) is 2.39. The SMILES string of the molecule is Cc1cc2ccccc2c(S)c1C1=NC2=NC(=O)N=CC2=N1. The van der Waals surface area contributed by atoms with Crippen molar-refractivity contribution in [3.05, 3.63) is 41.5 Å². The molecule has 2 aliphatic rings. The number of nitrogens with zero attached hydrogens (tertiary/aromatic N) is 4. The molecule has 0 atom stereocenters. The second-order valence-electron chi connectivity index (χ2n) is 5.05. The Morgan fingerprint density at radius 1 is 1.05 bits per heavy atom. The van der Waals surface area contributed by atoms with Crippen molar-refractivity contribution in [3.63, 3.8) is 0 Å². The molecule has 0 N–H and O–H groups in total. The van der Waals surface area contributed by atoms with E-state index in [0.717, 1.165) is 26.8 Å². The molecule has 2 aromatic rings. The van der Waals surface area contributed by atoms with E-state index in [-0.39, 0.29) is 0 Å². The topological polar surface area (TPSA) is 66.5 Å². The lowest BCUT2D eigenvalue weighted by Crippen LogP contribution is -2.16. The molecule has 0 aliphatic carbocycles. The molecule has 2 aliphatic heterocycles. The van der Waals surface area contributed by atoms with Crippen LogP contribution >= 0.6 is 12.6 Å². The van der Waals surface area contributed by atoms with Crippen molar-refractivity contribution in [2.24, 2.45) is 20.0 Å². The van der Waals surface area contributed by atoms with E-state index in [1.807, 2.05) is 31.2 Å². The minimum atomic E-state index is -0.555. The van der Waals surface area contributed by atoms with Crippen molar-refractivity contribution < 1.29 is 4.79 Å². The number of carbonyl (C=O) groups excluding carboxylic acids is 1. The molecule has 0 fully saturated rings. The van der Waals surface area contributed by atoms with Gasteiger partial charge in [-0.05, 0) is 23.3 Å². The average molecular weight is 306 g/mol. The molecular weight excluding hydrogens is 296 g/mol. The molecule has 0 aromatic heterocycles. The normalized spacial score (nSPS) is 16.5. The third kappa shape index (κ3) is 1.92.